The van der Waals surface area contributed by atoms with E-state index in [1.54, 1.807) is 31.3 Å². The molecule has 2 rings (SSSR count). The molecule has 0 spiro atoms. The fourth-order valence-corrected chi connectivity index (χ4v) is 2.92. The number of thioether (sulfide) groups is 1. The Morgan fingerprint density at radius 2 is 2.08 bits per heavy atom. The van der Waals surface area contributed by atoms with Crippen molar-refractivity contribution in [2.24, 2.45) is 0 Å². The van der Waals surface area contributed by atoms with Crippen molar-refractivity contribution in [3.8, 4) is 11.5 Å². The van der Waals surface area contributed by atoms with Crippen LogP contribution in [-0.2, 0) is 0 Å². The summed E-state index contributed by atoms with van der Waals surface area (Å²) in [6.07, 6.45) is 3.48. The lowest BCUT2D eigenvalue weighted by Gasteiger charge is -2.08. The predicted octanol–water partition coefficient (Wildman–Crippen LogP) is 4.50. The number of nitro groups is 1. The highest BCUT2D eigenvalue weighted by Gasteiger charge is 2.15. The van der Waals surface area contributed by atoms with Crippen LogP contribution in [0.25, 0.3) is 0 Å². The highest BCUT2D eigenvalue weighted by molar-refractivity contribution is 8.14. The molecule has 0 bridgehead atoms. The summed E-state index contributed by atoms with van der Waals surface area (Å²) in [5.41, 5.74) is 0.621. The molecular formula is C17H19N3O4S. The third-order valence-electron chi connectivity index (χ3n) is 3.34. The first-order valence-corrected chi connectivity index (χ1v) is 8.81. The van der Waals surface area contributed by atoms with Gasteiger partial charge in [0.15, 0.2) is 0 Å². The van der Waals surface area contributed by atoms with Crippen molar-refractivity contribution >= 4 is 28.3 Å². The molecule has 0 aliphatic carbocycles. The minimum absolute atomic E-state index is 0.0829. The van der Waals surface area contributed by atoms with Crippen LogP contribution in [0.15, 0.2) is 36.5 Å². The molecule has 0 radical (unpaired) electrons. The standard InChI is InChI=1S/C17H19N3O4S/c1-3-4-9-25-17(21)15-10-13(7-8-19-15)24-12-5-6-14(18-2)16(11-12)20(22)23/h5-8,10-11,18H,3-4,9H2,1-2H3. The number of hydrogen-bond donors (Lipinski definition) is 1. The SMILES string of the molecule is CCCCSC(=O)c1cc(Oc2ccc(NC)c([N+](=O)[O-])c2)ccn1. The minimum Gasteiger partial charge on any atom is -0.457 e. The Bertz CT molecular complexity index is 767. The number of carbonyl (C=O) groups is 1. The number of carbonyl (C=O) groups excluding carboxylic acids is 1. The summed E-state index contributed by atoms with van der Waals surface area (Å²) >= 11 is 1.23. The number of nitrogens with zero attached hydrogens (tertiary/aromatic N) is 2. The molecule has 0 unspecified atom stereocenters. The van der Waals surface area contributed by atoms with Gasteiger partial charge in [0.25, 0.3) is 5.69 Å². The van der Waals surface area contributed by atoms with Gasteiger partial charge in [0.2, 0.25) is 5.12 Å². The van der Waals surface area contributed by atoms with Crippen molar-refractivity contribution in [3.05, 3.63) is 52.3 Å². The zero-order chi connectivity index (χ0) is 18.2. The molecule has 1 aromatic carbocycles. The summed E-state index contributed by atoms with van der Waals surface area (Å²) in [5.74, 6) is 1.47. The first-order chi connectivity index (χ1) is 12.0. The van der Waals surface area contributed by atoms with E-state index in [4.69, 9.17) is 4.74 Å². The molecule has 1 aromatic heterocycles. The zero-order valence-corrected chi connectivity index (χ0v) is 14.8. The van der Waals surface area contributed by atoms with Gasteiger partial charge in [-0.25, -0.2) is 0 Å². The van der Waals surface area contributed by atoms with Crippen molar-refractivity contribution < 1.29 is 14.5 Å². The number of nitro benzene ring substituents is 1. The highest BCUT2D eigenvalue weighted by Crippen LogP contribution is 2.31. The number of ether oxygens (including phenoxy) is 1. The quantitative estimate of drug-likeness (QED) is 0.420. The summed E-state index contributed by atoms with van der Waals surface area (Å²) in [6.45, 7) is 2.07. The Morgan fingerprint density at radius 3 is 2.76 bits per heavy atom. The molecule has 1 N–H and O–H groups in total. The van der Waals surface area contributed by atoms with Gasteiger partial charge in [0.05, 0.1) is 11.0 Å². The second-order valence-corrected chi connectivity index (χ2v) is 6.22. The molecule has 0 amide bonds. The summed E-state index contributed by atoms with van der Waals surface area (Å²) in [4.78, 5) is 26.8. The van der Waals surface area contributed by atoms with Crippen molar-refractivity contribution in [1.82, 2.24) is 4.98 Å². The fourth-order valence-electron chi connectivity index (χ4n) is 2.04. The fraction of sp³-hybridized carbons (Fsp3) is 0.294. The van der Waals surface area contributed by atoms with Gasteiger partial charge in [0.1, 0.15) is 22.9 Å². The largest absolute Gasteiger partial charge is 0.457 e. The molecule has 0 aliphatic rings. The van der Waals surface area contributed by atoms with Gasteiger partial charge in [-0.3, -0.25) is 19.9 Å². The second kappa shape index (κ2) is 9.03. The van der Waals surface area contributed by atoms with Crippen LogP contribution in [0.3, 0.4) is 0 Å². The predicted molar refractivity (Wildman–Crippen MR) is 98.7 cm³/mol. The van der Waals surface area contributed by atoms with Gasteiger partial charge < -0.3 is 10.1 Å². The Labute approximate surface area is 149 Å². The molecule has 25 heavy (non-hydrogen) atoms. The molecule has 0 aliphatic heterocycles. The number of hydrogen-bond acceptors (Lipinski definition) is 7. The van der Waals surface area contributed by atoms with Crippen LogP contribution in [0, 0.1) is 10.1 Å². The molecular weight excluding hydrogens is 342 g/mol. The maximum Gasteiger partial charge on any atom is 0.296 e. The van der Waals surface area contributed by atoms with Crippen molar-refractivity contribution in [3.63, 3.8) is 0 Å². The van der Waals surface area contributed by atoms with E-state index in [1.807, 2.05) is 0 Å². The Balaban J connectivity index is 2.15. The van der Waals surface area contributed by atoms with Crippen LogP contribution >= 0.6 is 11.8 Å². The maximum absolute atomic E-state index is 12.1. The number of benzene rings is 1. The summed E-state index contributed by atoms with van der Waals surface area (Å²) in [7, 11) is 1.61. The smallest absolute Gasteiger partial charge is 0.296 e. The van der Waals surface area contributed by atoms with Crippen LogP contribution in [-0.4, -0.2) is 27.8 Å². The van der Waals surface area contributed by atoms with Crippen LogP contribution in [0.5, 0.6) is 11.5 Å². The third kappa shape index (κ3) is 5.18. The topological polar surface area (TPSA) is 94.4 Å². The van der Waals surface area contributed by atoms with E-state index < -0.39 is 4.92 Å². The molecule has 7 nitrogen and oxygen atoms in total. The lowest BCUT2D eigenvalue weighted by Crippen LogP contribution is -1.99. The van der Waals surface area contributed by atoms with E-state index >= 15 is 0 Å². The summed E-state index contributed by atoms with van der Waals surface area (Å²) in [6, 6.07) is 7.67. The second-order valence-electron chi connectivity index (χ2n) is 5.15. The normalized spacial score (nSPS) is 10.3. The van der Waals surface area contributed by atoms with E-state index in [-0.39, 0.29) is 10.8 Å². The van der Waals surface area contributed by atoms with Gasteiger partial charge in [-0.15, -0.1) is 0 Å². The van der Waals surface area contributed by atoms with E-state index in [0.29, 0.717) is 22.9 Å². The lowest BCUT2D eigenvalue weighted by molar-refractivity contribution is -0.384. The van der Waals surface area contributed by atoms with Gasteiger partial charge in [0, 0.05) is 25.1 Å². The van der Waals surface area contributed by atoms with Crippen molar-refractivity contribution in [1.29, 1.82) is 0 Å². The molecule has 0 atom stereocenters. The van der Waals surface area contributed by atoms with E-state index in [9.17, 15) is 14.9 Å². The van der Waals surface area contributed by atoms with Crippen molar-refractivity contribution in [2.75, 3.05) is 18.1 Å². The molecule has 0 fully saturated rings. The zero-order valence-electron chi connectivity index (χ0n) is 14.0. The number of pyridine rings is 1. The monoisotopic (exact) mass is 361 g/mol. The molecule has 0 saturated heterocycles. The Hall–Kier alpha value is -2.61. The van der Waals surface area contributed by atoms with Gasteiger partial charge in [-0.05, 0) is 24.6 Å². The number of anilines is 1. The minimum atomic E-state index is -0.482. The Morgan fingerprint density at radius 1 is 1.32 bits per heavy atom. The summed E-state index contributed by atoms with van der Waals surface area (Å²) in [5, 5.41) is 13.8. The van der Waals surface area contributed by atoms with Gasteiger partial charge in [-0.1, -0.05) is 25.1 Å². The number of nitrogens with one attached hydrogen (secondary N) is 1. The first kappa shape index (κ1) is 18.7. The van der Waals surface area contributed by atoms with E-state index in [2.05, 4.69) is 17.2 Å². The molecule has 2 aromatic rings. The highest BCUT2D eigenvalue weighted by atomic mass is 32.2. The average molecular weight is 361 g/mol. The first-order valence-electron chi connectivity index (χ1n) is 7.82. The molecule has 1 heterocycles. The molecule has 0 saturated carbocycles. The number of unbranched alkanes of at least 4 members (excludes halogenated alkanes) is 1. The molecule has 8 heteroatoms. The lowest BCUT2D eigenvalue weighted by atomic mass is 10.2. The third-order valence-corrected chi connectivity index (χ3v) is 4.31. The van der Waals surface area contributed by atoms with Gasteiger partial charge >= 0.3 is 0 Å². The number of rotatable bonds is 8. The van der Waals surface area contributed by atoms with Crippen LogP contribution in [0.4, 0.5) is 11.4 Å². The van der Waals surface area contributed by atoms with Gasteiger partial charge in [-0.2, -0.15) is 0 Å². The van der Waals surface area contributed by atoms with Crippen LogP contribution in [0.2, 0.25) is 0 Å². The number of aromatic nitrogens is 1. The van der Waals surface area contributed by atoms with Crippen LogP contribution < -0.4 is 10.1 Å². The maximum atomic E-state index is 12.1. The van der Waals surface area contributed by atoms with Crippen LogP contribution in [0.1, 0.15) is 30.3 Å². The Kier molecular flexibility index (Phi) is 6.76. The van der Waals surface area contributed by atoms with E-state index in [1.165, 1.54) is 24.0 Å². The molecule has 132 valence electrons. The average Bonchev–Trinajstić information content (AvgIpc) is 2.62. The van der Waals surface area contributed by atoms with Crippen molar-refractivity contribution in [2.45, 2.75) is 19.8 Å². The van der Waals surface area contributed by atoms with E-state index in [0.717, 1.165) is 18.6 Å². The summed E-state index contributed by atoms with van der Waals surface area (Å²) < 4.78 is 5.65.